The van der Waals surface area contributed by atoms with Crippen LogP contribution >= 0.6 is 0 Å². The van der Waals surface area contributed by atoms with E-state index in [0.717, 1.165) is 0 Å². The molecule has 0 saturated carbocycles. The number of rotatable bonds is 6. The fourth-order valence-electron chi connectivity index (χ4n) is 1.28. The Morgan fingerprint density at radius 2 is 2.39 bits per heavy atom. The SMILES string of the molecule is C=Cn1ncc(C(=O)NCC(C)(C)CO)c1N=C. The van der Waals surface area contributed by atoms with Gasteiger partial charge in [0.2, 0.25) is 0 Å². The van der Waals surface area contributed by atoms with Gasteiger partial charge in [0.1, 0.15) is 5.56 Å². The number of hydrogen-bond donors (Lipinski definition) is 2. The molecule has 1 heterocycles. The summed E-state index contributed by atoms with van der Waals surface area (Å²) in [7, 11) is 0. The van der Waals surface area contributed by atoms with Crippen LogP contribution in [-0.2, 0) is 0 Å². The Balaban J connectivity index is 2.82. The summed E-state index contributed by atoms with van der Waals surface area (Å²) in [6.45, 7) is 11.0. The first kappa shape index (κ1) is 14.1. The number of amides is 1. The lowest BCUT2D eigenvalue weighted by molar-refractivity contribution is 0.0912. The number of carbonyl (C=O) groups excluding carboxylic acids is 1. The van der Waals surface area contributed by atoms with E-state index < -0.39 is 0 Å². The highest BCUT2D eigenvalue weighted by atomic mass is 16.3. The van der Waals surface area contributed by atoms with Crippen molar-refractivity contribution in [1.82, 2.24) is 15.1 Å². The van der Waals surface area contributed by atoms with Crippen LogP contribution in [0.4, 0.5) is 5.82 Å². The Hall–Kier alpha value is -1.95. The minimum Gasteiger partial charge on any atom is -0.396 e. The van der Waals surface area contributed by atoms with Gasteiger partial charge in [0.15, 0.2) is 5.82 Å². The van der Waals surface area contributed by atoms with E-state index in [0.29, 0.717) is 17.9 Å². The number of nitrogens with zero attached hydrogens (tertiary/aromatic N) is 3. The van der Waals surface area contributed by atoms with Crippen molar-refractivity contribution in [2.24, 2.45) is 10.4 Å². The summed E-state index contributed by atoms with van der Waals surface area (Å²) in [6, 6.07) is 0. The standard InChI is InChI=1S/C12H18N4O2/c1-5-16-10(13-4)9(6-15-16)11(18)14-7-12(2,3)8-17/h5-6,17H,1,4,7-8H2,2-3H3,(H,14,18). The van der Waals surface area contributed by atoms with E-state index in [-0.39, 0.29) is 17.9 Å². The molecule has 0 aliphatic carbocycles. The van der Waals surface area contributed by atoms with Crippen LogP contribution in [0.15, 0.2) is 17.8 Å². The fourth-order valence-corrected chi connectivity index (χ4v) is 1.28. The first-order valence-electron chi connectivity index (χ1n) is 5.51. The fraction of sp³-hybridized carbons (Fsp3) is 0.417. The Morgan fingerprint density at radius 1 is 1.72 bits per heavy atom. The highest BCUT2D eigenvalue weighted by molar-refractivity contribution is 5.98. The quantitative estimate of drug-likeness (QED) is 0.741. The summed E-state index contributed by atoms with van der Waals surface area (Å²) in [5.41, 5.74) is -0.0371. The van der Waals surface area contributed by atoms with E-state index >= 15 is 0 Å². The average molecular weight is 250 g/mol. The van der Waals surface area contributed by atoms with Gasteiger partial charge in [0.05, 0.1) is 6.20 Å². The number of nitrogens with one attached hydrogen (secondary N) is 1. The molecule has 2 N–H and O–H groups in total. The zero-order valence-corrected chi connectivity index (χ0v) is 10.7. The Bertz CT molecular complexity index is 463. The molecule has 0 radical (unpaired) electrons. The van der Waals surface area contributed by atoms with Crippen molar-refractivity contribution < 1.29 is 9.90 Å². The maximum atomic E-state index is 11.9. The van der Waals surface area contributed by atoms with Gasteiger partial charge in [-0.05, 0) is 6.72 Å². The number of aliphatic hydroxyl groups excluding tert-OH is 1. The highest BCUT2D eigenvalue weighted by Gasteiger charge is 2.20. The second kappa shape index (κ2) is 5.59. The van der Waals surface area contributed by atoms with Gasteiger partial charge in [-0.2, -0.15) is 5.10 Å². The number of aliphatic hydroxyl groups is 1. The number of aromatic nitrogens is 2. The third kappa shape index (κ3) is 3.04. The molecular formula is C12H18N4O2. The summed E-state index contributed by atoms with van der Waals surface area (Å²) >= 11 is 0. The molecule has 0 aliphatic heterocycles. The van der Waals surface area contributed by atoms with Crippen molar-refractivity contribution in [3.8, 4) is 0 Å². The summed E-state index contributed by atoms with van der Waals surface area (Å²) in [5, 5.41) is 15.8. The molecule has 0 fully saturated rings. The van der Waals surface area contributed by atoms with Gasteiger partial charge in [0.25, 0.3) is 5.91 Å². The predicted molar refractivity (Wildman–Crippen MR) is 71.0 cm³/mol. The van der Waals surface area contributed by atoms with Crippen LogP contribution in [0, 0.1) is 5.41 Å². The Kier molecular flexibility index (Phi) is 4.38. The van der Waals surface area contributed by atoms with E-state index in [1.807, 2.05) is 13.8 Å². The van der Waals surface area contributed by atoms with Crippen molar-refractivity contribution in [2.45, 2.75) is 13.8 Å². The highest BCUT2D eigenvalue weighted by Crippen LogP contribution is 2.19. The first-order valence-corrected chi connectivity index (χ1v) is 5.51. The second-order valence-electron chi connectivity index (χ2n) is 4.67. The average Bonchev–Trinajstić information content (AvgIpc) is 2.78. The minimum atomic E-state index is -0.369. The zero-order valence-electron chi connectivity index (χ0n) is 10.7. The largest absolute Gasteiger partial charge is 0.396 e. The molecule has 0 unspecified atom stereocenters. The van der Waals surface area contributed by atoms with Gasteiger partial charge in [-0.3, -0.25) is 4.79 Å². The summed E-state index contributed by atoms with van der Waals surface area (Å²) < 4.78 is 1.37. The maximum Gasteiger partial charge on any atom is 0.256 e. The molecule has 0 bridgehead atoms. The Labute approximate surface area is 106 Å². The molecule has 1 rings (SSSR count). The summed E-state index contributed by atoms with van der Waals surface area (Å²) in [6.07, 6.45) is 2.85. The lowest BCUT2D eigenvalue weighted by Crippen LogP contribution is -2.36. The maximum absolute atomic E-state index is 11.9. The molecule has 0 aromatic carbocycles. The van der Waals surface area contributed by atoms with Crippen LogP contribution < -0.4 is 5.32 Å². The van der Waals surface area contributed by atoms with Crippen LogP contribution in [0.5, 0.6) is 0 Å². The molecule has 0 aliphatic rings. The molecule has 18 heavy (non-hydrogen) atoms. The van der Waals surface area contributed by atoms with Gasteiger partial charge in [0, 0.05) is 24.8 Å². The van der Waals surface area contributed by atoms with Crippen LogP contribution in [-0.4, -0.2) is 40.7 Å². The number of carbonyl (C=O) groups is 1. The molecule has 6 nitrogen and oxygen atoms in total. The first-order chi connectivity index (χ1) is 8.45. The van der Waals surface area contributed by atoms with Crippen LogP contribution in [0.25, 0.3) is 6.20 Å². The molecule has 1 amide bonds. The monoisotopic (exact) mass is 250 g/mol. The normalized spacial score (nSPS) is 11.1. The molecule has 1 aromatic heterocycles. The molecule has 0 spiro atoms. The summed E-state index contributed by atoms with van der Waals surface area (Å²) in [4.78, 5) is 15.7. The molecule has 6 heteroatoms. The van der Waals surface area contributed by atoms with E-state index in [1.54, 1.807) is 0 Å². The molecule has 0 atom stereocenters. The molecular weight excluding hydrogens is 232 g/mol. The third-order valence-corrected chi connectivity index (χ3v) is 2.49. The van der Waals surface area contributed by atoms with Crippen molar-refractivity contribution in [3.05, 3.63) is 18.3 Å². The summed E-state index contributed by atoms with van der Waals surface area (Å²) in [5.74, 6) is 0.0522. The van der Waals surface area contributed by atoms with Crippen LogP contribution in [0.3, 0.4) is 0 Å². The van der Waals surface area contributed by atoms with Crippen LogP contribution in [0.1, 0.15) is 24.2 Å². The zero-order chi connectivity index (χ0) is 13.8. The van der Waals surface area contributed by atoms with Gasteiger partial charge in [-0.1, -0.05) is 20.4 Å². The number of hydrogen-bond acceptors (Lipinski definition) is 4. The van der Waals surface area contributed by atoms with Crippen LogP contribution in [0.2, 0.25) is 0 Å². The smallest absolute Gasteiger partial charge is 0.256 e. The van der Waals surface area contributed by atoms with Gasteiger partial charge in [-0.25, -0.2) is 9.67 Å². The Morgan fingerprint density at radius 3 is 2.89 bits per heavy atom. The molecule has 0 saturated heterocycles. The topological polar surface area (TPSA) is 79.5 Å². The van der Waals surface area contributed by atoms with Crippen molar-refractivity contribution in [1.29, 1.82) is 0 Å². The van der Waals surface area contributed by atoms with Crippen molar-refractivity contribution >= 4 is 24.6 Å². The lowest BCUT2D eigenvalue weighted by atomic mass is 9.95. The van der Waals surface area contributed by atoms with Crippen molar-refractivity contribution in [3.63, 3.8) is 0 Å². The van der Waals surface area contributed by atoms with E-state index in [1.165, 1.54) is 17.1 Å². The third-order valence-electron chi connectivity index (χ3n) is 2.49. The van der Waals surface area contributed by atoms with E-state index in [4.69, 9.17) is 5.11 Å². The number of aliphatic imine (C=N–C) groups is 1. The van der Waals surface area contributed by atoms with Gasteiger partial charge >= 0.3 is 0 Å². The lowest BCUT2D eigenvalue weighted by Gasteiger charge is -2.21. The van der Waals surface area contributed by atoms with E-state index in [2.05, 4.69) is 28.7 Å². The van der Waals surface area contributed by atoms with Gasteiger partial charge < -0.3 is 10.4 Å². The van der Waals surface area contributed by atoms with Gasteiger partial charge in [-0.15, -0.1) is 0 Å². The minimum absolute atomic E-state index is 0.00817. The molecule has 98 valence electrons. The van der Waals surface area contributed by atoms with E-state index in [9.17, 15) is 4.79 Å². The van der Waals surface area contributed by atoms with Crippen molar-refractivity contribution in [2.75, 3.05) is 13.2 Å². The predicted octanol–water partition coefficient (Wildman–Crippen LogP) is 1.06. The molecule has 1 aromatic rings. The second-order valence-corrected chi connectivity index (χ2v) is 4.67.